The number of aliphatic hydroxyl groups excluding tert-OH is 1. The van der Waals surface area contributed by atoms with E-state index in [0.717, 1.165) is 12.8 Å². The minimum Gasteiger partial charge on any atom is -0.481 e. The molecule has 2 bridgehead atoms. The van der Waals surface area contributed by atoms with Gasteiger partial charge in [0, 0.05) is 18.6 Å². The Balaban J connectivity index is 2.07. The van der Waals surface area contributed by atoms with E-state index in [9.17, 15) is 23.1 Å². The third-order valence-electron chi connectivity index (χ3n) is 3.95. The fourth-order valence-corrected chi connectivity index (χ4v) is 3.08. The van der Waals surface area contributed by atoms with Gasteiger partial charge in [-0.05, 0) is 25.7 Å². The Kier molecular flexibility index (Phi) is 3.55. The Morgan fingerprint density at radius 1 is 1.28 bits per heavy atom. The standard InChI is InChI=1S/C11H16F3NO3/c12-11(13,14)9(10(17)18)5-15-6-1-2-7(15)4-8(16)3-6/h6-9,16H,1-5H2,(H,17,18). The maximum Gasteiger partial charge on any atom is 0.403 e. The molecule has 0 aromatic carbocycles. The largest absolute Gasteiger partial charge is 0.481 e. The van der Waals surface area contributed by atoms with Gasteiger partial charge in [-0.25, -0.2) is 0 Å². The zero-order valence-electron chi connectivity index (χ0n) is 9.73. The van der Waals surface area contributed by atoms with Gasteiger partial charge < -0.3 is 10.2 Å². The Hall–Kier alpha value is -0.820. The average molecular weight is 267 g/mol. The molecule has 0 spiro atoms. The highest BCUT2D eigenvalue weighted by molar-refractivity contribution is 5.71. The van der Waals surface area contributed by atoms with Gasteiger partial charge in [-0.1, -0.05) is 0 Å². The molecule has 2 aliphatic heterocycles. The lowest BCUT2D eigenvalue weighted by molar-refractivity contribution is -0.198. The Morgan fingerprint density at radius 2 is 1.78 bits per heavy atom. The van der Waals surface area contributed by atoms with Crippen molar-refractivity contribution in [2.45, 2.75) is 50.0 Å². The molecule has 2 N–H and O–H groups in total. The predicted octanol–water partition coefficient (Wildman–Crippen LogP) is 1.24. The number of rotatable bonds is 3. The van der Waals surface area contributed by atoms with E-state index in [4.69, 9.17) is 5.11 Å². The second kappa shape index (κ2) is 4.70. The number of alkyl halides is 3. The van der Waals surface area contributed by atoms with Crippen LogP contribution >= 0.6 is 0 Å². The third kappa shape index (κ3) is 2.61. The molecule has 3 unspecified atom stereocenters. The molecule has 2 heterocycles. The Morgan fingerprint density at radius 3 is 2.17 bits per heavy atom. The molecule has 7 heteroatoms. The van der Waals surface area contributed by atoms with E-state index < -0.39 is 30.7 Å². The summed E-state index contributed by atoms with van der Waals surface area (Å²) < 4.78 is 37.9. The Labute approximate surface area is 102 Å². The first-order valence-electron chi connectivity index (χ1n) is 6.02. The fourth-order valence-electron chi connectivity index (χ4n) is 3.08. The number of aliphatic hydroxyl groups is 1. The number of hydrogen-bond donors (Lipinski definition) is 2. The van der Waals surface area contributed by atoms with Crippen molar-refractivity contribution in [3.63, 3.8) is 0 Å². The monoisotopic (exact) mass is 267 g/mol. The van der Waals surface area contributed by atoms with Gasteiger partial charge in [0.1, 0.15) is 0 Å². The highest BCUT2D eigenvalue weighted by atomic mass is 19.4. The number of fused-ring (bicyclic) bond motifs is 2. The number of nitrogens with zero attached hydrogens (tertiary/aromatic N) is 1. The Bertz CT molecular complexity index is 320. The summed E-state index contributed by atoms with van der Waals surface area (Å²) in [7, 11) is 0. The van der Waals surface area contributed by atoms with E-state index >= 15 is 0 Å². The van der Waals surface area contributed by atoms with Gasteiger partial charge in [0.2, 0.25) is 0 Å². The van der Waals surface area contributed by atoms with Crippen LogP contribution in [0.1, 0.15) is 25.7 Å². The van der Waals surface area contributed by atoms with Crippen molar-refractivity contribution >= 4 is 5.97 Å². The number of carboxylic acids is 1. The topological polar surface area (TPSA) is 60.8 Å². The number of carbonyl (C=O) groups is 1. The molecule has 0 aromatic heterocycles. The van der Waals surface area contributed by atoms with Crippen molar-refractivity contribution in [2.75, 3.05) is 6.54 Å². The van der Waals surface area contributed by atoms with Gasteiger partial charge in [0.15, 0.2) is 5.92 Å². The molecule has 2 fully saturated rings. The van der Waals surface area contributed by atoms with Gasteiger partial charge in [-0.15, -0.1) is 0 Å². The van der Waals surface area contributed by atoms with Crippen molar-refractivity contribution < 1.29 is 28.2 Å². The summed E-state index contributed by atoms with van der Waals surface area (Å²) in [5.74, 6) is -4.16. The SMILES string of the molecule is O=C(O)C(CN1C2CCC1CC(O)C2)C(F)(F)F. The molecular formula is C11H16F3NO3. The van der Waals surface area contributed by atoms with Crippen LogP contribution in [-0.4, -0.2) is 52.0 Å². The van der Waals surface area contributed by atoms with Crippen LogP contribution < -0.4 is 0 Å². The van der Waals surface area contributed by atoms with Crippen molar-refractivity contribution in [1.82, 2.24) is 4.90 Å². The first-order chi connectivity index (χ1) is 8.29. The molecular weight excluding hydrogens is 251 g/mol. The van der Waals surface area contributed by atoms with Crippen LogP contribution in [0.4, 0.5) is 13.2 Å². The van der Waals surface area contributed by atoms with Crippen LogP contribution in [0.15, 0.2) is 0 Å². The van der Waals surface area contributed by atoms with E-state index in [1.54, 1.807) is 4.90 Å². The van der Waals surface area contributed by atoms with Crippen LogP contribution in [0.5, 0.6) is 0 Å². The lowest BCUT2D eigenvalue weighted by Crippen LogP contribution is -2.50. The third-order valence-corrected chi connectivity index (χ3v) is 3.95. The molecule has 0 saturated carbocycles. The molecule has 2 saturated heterocycles. The van der Waals surface area contributed by atoms with Gasteiger partial charge in [-0.3, -0.25) is 9.69 Å². The zero-order chi connectivity index (χ0) is 13.5. The molecule has 0 aromatic rings. The molecule has 2 aliphatic rings. The summed E-state index contributed by atoms with van der Waals surface area (Å²) in [6.07, 6.45) is -2.81. The first kappa shape index (κ1) is 13.6. The average Bonchev–Trinajstić information content (AvgIpc) is 2.43. The van der Waals surface area contributed by atoms with Crippen LogP contribution in [0.2, 0.25) is 0 Å². The fraction of sp³-hybridized carbons (Fsp3) is 0.909. The van der Waals surface area contributed by atoms with Crippen LogP contribution in [0.25, 0.3) is 0 Å². The highest BCUT2D eigenvalue weighted by Crippen LogP contribution is 2.38. The van der Waals surface area contributed by atoms with Crippen LogP contribution in [0.3, 0.4) is 0 Å². The molecule has 0 amide bonds. The summed E-state index contributed by atoms with van der Waals surface area (Å²) >= 11 is 0. The molecule has 0 radical (unpaired) electrons. The number of halogens is 3. The molecule has 2 rings (SSSR count). The van der Waals surface area contributed by atoms with Crippen LogP contribution in [0, 0.1) is 5.92 Å². The lowest BCUT2D eigenvalue weighted by Gasteiger charge is -2.38. The molecule has 3 atom stereocenters. The van der Waals surface area contributed by atoms with Crippen molar-refractivity contribution in [3.05, 3.63) is 0 Å². The van der Waals surface area contributed by atoms with Crippen molar-refractivity contribution in [1.29, 1.82) is 0 Å². The van der Waals surface area contributed by atoms with Crippen LogP contribution in [-0.2, 0) is 4.79 Å². The maximum atomic E-state index is 12.6. The highest BCUT2D eigenvalue weighted by Gasteiger charge is 2.49. The zero-order valence-corrected chi connectivity index (χ0v) is 9.73. The van der Waals surface area contributed by atoms with Gasteiger partial charge in [-0.2, -0.15) is 13.2 Å². The number of piperidine rings is 1. The summed E-state index contributed by atoms with van der Waals surface area (Å²) in [5.41, 5.74) is 0. The lowest BCUT2D eigenvalue weighted by atomic mass is 9.97. The van der Waals surface area contributed by atoms with E-state index in [0.29, 0.717) is 12.8 Å². The van der Waals surface area contributed by atoms with Crippen molar-refractivity contribution in [2.24, 2.45) is 5.92 Å². The normalized spacial score (nSPS) is 34.6. The summed E-state index contributed by atoms with van der Waals surface area (Å²) in [5, 5.41) is 18.2. The predicted molar refractivity (Wildman–Crippen MR) is 55.9 cm³/mol. The summed E-state index contributed by atoms with van der Waals surface area (Å²) in [4.78, 5) is 12.3. The van der Waals surface area contributed by atoms with E-state index in [2.05, 4.69) is 0 Å². The molecule has 0 aliphatic carbocycles. The van der Waals surface area contributed by atoms with Gasteiger partial charge in [0.25, 0.3) is 0 Å². The number of hydrogen-bond acceptors (Lipinski definition) is 3. The quantitative estimate of drug-likeness (QED) is 0.807. The molecule has 4 nitrogen and oxygen atoms in total. The maximum absolute atomic E-state index is 12.6. The minimum absolute atomic E-state index is 0.108. The minimum atomic E-state index is -4.72. The number of aliphatic carboxylic acids is 1. The summed E-state index contributed by atoms with van der Waals surface area (Å²) in [6.45, 7) is -0.499. The van der Waals surface area contributed by atoms with E-state index in [1.165, 1.54) is 0 Å². The van der Waals surface area contributed by atoms with E-state index in [-0.39, 0.29) is 12.1 Å². The van der Waals surface area contributed by atoms with Crippen molar-refractivity contribution in [3.8, 4) is 0 Å². The van der Waals surface area contributed by atoms with E-state index in [1.807, 2.05) is 0 Å². The second-order valence-electron chi connectivity index (χ2n) is 5.14. The van der Waals surface area contributed by atoms with Gasteiger partial charge in [0.05, 0.1) is 6.10 Å². The number of carboxylic acid groups (broad SMARTS) is 1. The smallest absolute Gasteiger partial charge is 0.403 e. The summed E-state index contributed by atoms with van der Waals surface area (Å²) in [6, 6.07) is -0.217. The first-order valence-corrected chi connectivity index (χ1v) is 6.02. The second-order valence-corrected chi connectivity index (χ2v) is 5.14. The molecule has 18 heavy (non-hydrogen) atoms. The molecule has 104 valence electrons. The van der Waals surface area contributed by atoms with Gasteiger partial charge >= 0.3 is 12.1 Å².